The van der Waals surface area contributed by atoms with Crippen LogP contribution in [0.5, 0.6) is 5.75 Å². The topological polar surface area (TPSA) is 49.4 Å². The summed E-state index contributed by atoms with van der Waals surface area (Å²) in [7, 11) is 1.69. The standard InChI is InChI=1S/C15H20N2OS/c1-4-10(2)14(13-9-19-15(16)17-13)11-5-7-12(18-3)8-6-11/h5-10,14H,4H2,1-3H3,(H2,16,17)/p+1. The van der Waals surface area contributed by atoms with Crippen molar-refractivity contribution in [2.24, 2.45) is 5.92 Å². The van der Waals surface area contributed by atoms with Gasteiger partial charge in [-0.1, -0.05) is 43.7 Å². The second-order valence-electron chi connectivity index (χ2n) is 4.82. The van der Waals surface area contributed by atoms with E-state index in [0.717, 1.165) is 17.3 Å². The fraction of sp³-hybridized carbons (Fsp3) is 0.400. The number of benzene rings is 1. The Morgan fingerprint density at radius 2 is 2.00 bits per heavy atom. The Bertz CT molecular complexity index is 521. The van der Waals surface area contributed by atoms with E-state index in [2.05, 4.69) is 36.3 Å². The van der Waals surface area contributed by atoms with Crippen LogP contribution >= 0.6 is 11.3 Å². The number of ether oxygens (including phenoxy) is 1. The van der Waals surface area contributed by atoms with Gasteiger partial charge in [-0.3, -0.25) is 5.73 Å². The predicted molar refractivity (Wildman–Crippen MR) is 79.6 cm³/mol. The lowest BCUT2D eigenvalue weighted by Crippen LogP contribution is -2.20. The van der Waals surface area contributed by atoms with Crippen LogP contribution in [0, 0.1) is 5.92 Å². The van der Waals surface area contributed by atoms with Gasteiger partial charge in [-0.25, -0.2) is 4.98 Å². The van der Waals surface area contributed by atoms with Crippen molar-refractivity contribution in [3.63, 3.8) is 0 Å². The van der Waals surface area contributed by atoms with Gasteiger partial charge in [-0.2, -0.15) is 0 Å². The number of nitrogens with one attached hydrogen (secondary N) is 1. The molecule has 0 spiro atoms. The van der Waals surface area contributed by atoms with Crippen molar-refractivity contribution in [2.45, 2.75) is 26.2 Å². The third-order valence-corrected chi connectivity index (χ3v) is 4.33. The summed E-state index contributed by atoms with van der Waals surface area (Å²) in [6.07, 6.45) is 1.13. The number of rotatable bonds is 5. The van der Waals surface area contributed by atoms with Crippen molar-refractivity contribution < 1.29 is 9.72 Å². The normalized spacial score (nSPS) is 14.1. The van der Waals surface area contributed by atoms with Crippen LogP contribution in [-0.4, -0.2) is 7.11 Å². The Morgan fingerprint density at radius 3 is 2.47 bits per heavy atom. The Hall–Kier alpha value is -1.55. The van der Waals surface area contributed by atoms with Gasteiger partial charge in [0.05, 0.1) is 7.11 Å². The van der Waals surface area contributed by atoms with Gasteiger partial charge in [0.1, 0.15) is 11.4 Å². The maximum Gasteiger partial charge on any atom is 0.329 e. The van der Waals surface area contributed by atoms with Crippen LogP contribution in [0.2, 0.25) is 0 Å². The quantitative estimate of drug-likeness (QED) is 0.911. The fourth-order valence-electron chi connectivity index (χ4n) is 2.34. The van der Waals surface area contributed by atoms with E-state index in [-0.39, 0.29) is 0 Å². The molecule has 2 aromatic rings. The Kier molecular flexibility index (Phi) is 4.43. The molecule has 2 rings (SSSR count). The van der Waals surface area contributed by atoms with E-state index in [0.29, 0.717) is 11.8 Å². The molecule has 0 aliphatic carbocycles. The zero-order chi connectivity index (χ0) is 13.8. The van der Waals surface area contributed by atoms with E-state index in [1.165, 1.54) is 11.3 Å². The Morgan fingerprint density at radius 1 is 1.32 bits per heavy atom. The number of nitrogen functional groups attached to an aromatic ring is 1. The third-order valence-electron chi connectivity index (χ3n) is 3.60. The molecule has 1 aromatic heterocycles. The minimum atomic E-state index is 0.351. The summed E-state index contributed by atoms with van der Waals surface area (Å²) in [5.41, 5.74) is 8.32. The van der Waals surface area contributed by atoms with Crippen molar-refractivity contribution in [2.75, 3.05) is 12.8 Å². The van der Waals surface area contributed by atoms with E-state index in [4.69, 9.17) is 10.5 Å². The molecule has 19 heavy (non-hydrogen) atoms. The molecular weight excluding hydrogens is 256 g/mol. The molecule has 4 heteroatoms. The number of anilines is 1. The van der Waals surface area contributed by atoms with Crippen molar-refractivity contribution >= 4 is 16.5 Å². The molecule has 102 valence electrons. The number of methoxy groups -OCH3 is 1. The fourth-order valence-corrected chi connectivity index (χ4v) is 2.98. The summed E-state index contributed by atoms with van der Waals surface area (Å²) in [5.74, 6) is 1.79. The van der Waals surface area contributed by atoms with Crippen LogP contribution in [0.15, 0.2) is 29.6 Å². The predicted octanol–water partition coefficient (Wildman–Crippen LogP) is 3.33. The number of thiazole rings is 1. The number of hydrogen-bond acceptors (Lipinski definition) is 3. The SMILES string of the molecule is CCC(C)C(c1ccc(OC)cc1)c1csc(N)[nH+]1. The van der Waals surface area contributed by atoms with Crippen molar-refractivity contribution in [3.8, 4) is 5.75 Å². The molecule has 2 atom stereocenters. The monoisotopic (exact) mass is 277 g/mol. The lowest BCUT2D eigenvalue weighted by molar-refractivity contribution is -0.369. The molecule has 0 saturated heterocycles. The first-order chi connectivity index (χ1) is 9.15. The molecule has 2 unspecified atom stereocenters. The molecule has 3 N–H and O–H groups in total. The highest BCUT2D eigenvalue weighted by molar-refractivity contribution is 7.13. The minimum Gasteiger partial charge on any atom is -0.497 e. The Labute approximate surface area is 118 Å². The lowest BCUT2D eigenvalue weighted by Gasteiger charge is -2.20. The molecule has 0 amide bonds. The molecule has 0 radical (unpaired) electrons. The van der Waals surface area contributed by atoms with Gasteiger partial charge in [-0.05, 0) is 23.6 Å². The summed E-state index contributed by atoms with van der Waals surface area (Å²) in [6.45, 7) is 4.49. The highest BCUT2D eigenvalue weighted by Crippen LogP contribution is 2.33. The first-order valence-corrected chi connectivity index (χ1v) is 7.43. The number of H-pyrrole nitrogens is 1. The van der Waals surface area contributed by atoms with Crippen LogP contribution in [0.1, 0.15) is 37.4 Å². The van der Waals surface area contributed by atoms with Crippen LogP contribution in [0.25, 0.3) is 0 Å². The summed E-state index contributed by atoms with van der Waals surface area (Å²) < 4.78 is 5.22. The minimum absolute atomic E-state index is 0.351. The van der Waals surface area contributed by atoms with Crippen LogP contribution in [0.4, 0.5) is 5.13 Å². The first kappa shape index (κ1) is 13.9. The van der Waals surface area contributed by atoms with E-state index >= 15 is 0 Å². The van der Waals surface area contributed by atoms with Gasteiger partial charge in [0.15, 0.2) is 0 Å². The van der Waals surface area contributed by atoms with E-state index in [1.807, 2.05) is 12.1 Å². The zero-order valence-electron chi connectivity index (χ0n) is 11.6. The lowest BCUT2D eigenvalue weighted by atomic mass is 9.83. The molecule has 0 bridgehead atoms. The molecule has 3 nitrogen and oxygen atoms in total. The highest BCUT2D eigenvalue weighted by atomic mass is 32.1. The second kappa shape index (κ2) is 6.06. The molecule has 1 aromatic carbocycles. The number of aromatic amines is 1. The average molecular weight is 277 g/mol. The Balaban J connectivity index is 2.36. The summed E-state index contributed by atoms with van der Waals surface area (Å²) in [4.78, 5) is 3.28. The molecule has 0 fully saturated rings. The number of aromatic nitrogens is 1. The van der Waals surface area contributed by atoms with Crippen molar-refractivity contribution in [1.29, 1.82) is 0 Å². The van der Waals surface area contributed by atoms with E-state index < -0.39 is 0 Å². The average Bonchev–Trinajstić information content (AvgIpc) is 2.86. The molecule has 0 aliphatic rings. The summed E-state index contributed by atoms with van der Waals surface area (Å²) >= 11 is 1.56. The van der Waals surface area contributed by atoms with Crippen LogP contribution < -0.4 is 15.5 Å². The number of nitrogens with two attached hydrogens (primary N) is 1. The zero-order valence-corrected chi connectivity index (χ0v) is 12.5. The number of hydrogen-bond donors (Lipinski definition) is 1. The highest BCUT2D eigenvalue weighted by Gasteiger charge is 2.24. The maximum absolute atomic E-state index is 5.82. The smallest absolute Gasteiger partial charge is 0.329 e. The molecule has 0 saturated carbocycles. The van der Waals surface area contributed by atoms with E-state index in [1.54, 1.807) is 18.4 Å². The second-order valence-corrected chi connectivity index (χ2v) is 5.73. The molecule has 1 heterocycles. The maximum atomic E-state index is 5.82. The van der Waals surface area contributed by atoms with E-state index in [9.17, 15) is 0 Å². The van der Waals surface area contributed by atoms with Gasteiger partial charge >= 0.3 is 5.13 Å². The van der Waals surface area contributed by atoms with Gasteiger partial charge in [0, 0.05) is 11.3 Å². The summed E-state index contributed by atoms with van der Waals surface area (Å²) in [6, 6.07) is 8.30. The van der Waals surface area contributed by atoms with Crippen LogP contribution in [-0.2, 0) is 0 Å². The first-order valence-electron chi connectivity index (χ1n) is 6.55. The summed E-state index contributed by atoms with van der Waals surface area (Å²) in [5, 5.41) is 2.88. The van der Waals surface area contributed by atoms with Gasteiger partial charge in [-0.15, -0.1) is 0 Å². The van der Waals surface area contributed by atoms with Crippen molar-refractivity contribution in [1.82, 2.24) is 0 Å². The molecular formula is C15H21N2OS+. The largest absolute Gasteiger partial charge is 0.497 e. The van der Waals surface area contributed by atoms with Gasteiger partial charge in [0.25, 0.3) is 0 Å². The van der Waals surface area contributed by atoms with Crippen LogP contribution in [0.3, 0.4) is 0 Å². The van der Waals surface area contributed by atoms with Gasteiger partial charge < -0.3 is 4.74 Å². The van der Waals surface area contributed by atoms with Gasteiger partial charge in [0.2, 0.25) is 0 Å². The third kappa shape index (κ3) is 3.07. The molecule has 0 aliphatic heterocycles. The van der Waals surface area contributed by atoms with Crippen molar-refractivity contribution in [3.05, 3.63) is 40.9 Å².